The highest BCUT2D eigenvalue weighted by Gasteiger charge is 2.00. The van der Waals surface area contributed by atoms with E-state index < -0.39 is 0 Å². The third kappa shape index (κ3) is 1.48. The quantitative estimate of drug-likeness (QED) is 0.739. The largest absolute Gasteiger partial charge is 0.326 e. The van der Waals surface area contributed by atoms with E-state index in [1.807, 2.05) is 24.3 Å². The maximum atomic E-state index is 10.5. The zero-order valence-corrected chi connectivity index (χ0v) is 7.80. The molecule has 0 fully saturated rings. The van der Waals surface area contributed by atoms with E-state index in [2.05, 4.69) is 0 Å². The number of rotatable bonds is 2. The Balaban J connectivity index is 2.63. The molecule has 2 rings (SSSR count). The van der Waals surface area contributed by atoms with Crippen molar-refractivity contribution in [3.8, 4) is 0 Å². The van der Waals surface area contributed by atoms with Gasteiger partial charge in [0.05, 0.1) is 4.88 Å². The molecule has 0 aliphatic rings. The van der Waals surface area contributed by atoms with Crippen LogP contribution in [0.3, 0.4) is 0 Å². The highest BCUT2D eigenvalue weighted by atomic mass is 32.1. The van der Waals surface area contributed by atoms with Gasteiger partial charge in [-0.15, -0.1) is 11.3 Å². The molecule has 0 aliphatic carbocycles. The van der Waals surface area contributed by atoms with E-state index in [0.717, 1.165) is 26.8 Å². The molecule has 2 aromatic rings. The van der Waals surface area contributed by atoms with Gasteiger partial charge in [0, 0.05) is 11.2 Å². The first-order valence-corrected chi connectivity index (χ1v) is 4.83. The van der Waals surface area contributed by atoms with Crippen molar-refractivity contribution in [3.63, 3.8) is 0 Å². The molecule has 0 radical (unpaired) electrons. The molecule has 0 saturated carbocycles. The molecule has 0 aliphatic heterocycles. The summed E-state index contributed by atoms with van der Waals surface area (Å²) < 4.78 is 1.13. The Morgan fingerprint density at radius 2 is 2.23 bits per heavy atom. The van der Waals surface area contributed by atoms with Gasteiger partial charge in [0.15, 0.2) is 6.29 Å². The minimum Gasteiger partial charge on any atom is -0.326 e. The summed E-state index contributed by atoms with van der Waals surface area (Å²) in [6, 6.07) is 7.92. The number of carbonyl (C=O) groups is 1. The second kappa shape index (κ2) is 3.28. The lowest BCUT2D eigenvalue weighted by Gasteiger charge is -1.94. The molecule has 2 nitrogen and oxygen atoms in total. The highest BCUT2D eigenvalue weighted by Crippen LogP contribution is 2.25. The summed E-state index contributed by atoms with van der Waals surface area (Å²) >= 11 is 1.50. The van der Waals surface area contributed by atoms with Crippen LogP contribution in [-0.4, -0.2) is 6.29 Å². The number of thiophene rings is 1. The lowest BCUT2D eigenvalue weighted by Crippen LogP contribution is -1.94. The van der Waals surface area contributed by atoms with Crippen molar-refractivity contribution in [3.05, 3.63) is 34.7 Å². The topological polar surface area (TPSA) is 43.1 Å². The summed E-state index contributed by atoms with van der Waals surface area (Å²) in [5.74, 6) is 0. The molecule has 1 heterocycles. The molecule has 66 valence electrons. The molecular formula is C10H9NOS. The van der Waals surface area contributed by atoms with Gasteiger partial charge < -0.3 is 5.73 Å². The van der Waals surface area contributed by atoms with Gasteiger partial charge in [0.25, 0.3) is 0 Å². The molecule has 13 heavy (non-hydrogen) atoms. The third-order valence-electron chi connectivity index (χ3n) is 1.96. The maximum Gasteiger partial charge on any atom is 0.160 e. The predicted octanol–water partition coefficient (Wildman–Crippen LogP) is 2.17. The van der Waals surface area contributed by atoms with Crippen LogP contribution >= 0.6 is 11.3 Å². The number of fused-ring (bicyclic) bond motifs is 1. The molecule has 0 atom stereocenters. The van der Waals surface area contributed by atoms with Gasteiger partial charge in [-0.25, -0.2) is 0 Å². The van der Waals surface area contributed by atoms with Crippen LogP contribution in [0.25, 0.3) is 10.1 Å². The molecule has 0 saturated heterocycles. The SMILES string of the molecule is NCc1ccc2cc(C=O)sc2c1. The Bertz CT molecular complexity index is 447. The summed E-state index contributed by atoms with van der Waals surface area (Å²) in [5, 5.41) is 1.12. The van der Waals surface area contributed by atoms with Crippen molar-refractivity contribution in [2.45, 2.75) is 6.54 Å². The van der Waals surface area contributed by atoms with Gasteiger partial charge >= 0.3 is 0 Å². The van der Waals surface area contributed by atoms with E-state index in [1.54, 1.807) is 0 Å². The fourth-order valence-electron chi connectivity index (χ4n) is 1.28. The summed E-state index contributed by atoms with van der Waals surface area (Å²) in [7, 11) is 0. The minimum absolute atomic E-state index is 0.546. The van der Waals surface area contributed by atoms with Gasteiger partial charge in [-0.2, -0.15) is 0 Å². The average Bonchev–Trinajstić information content (AvgIpc) is 2.58. The van der Waals surface area contributed by atoms with Gasteiger partial charge in [-0.3, -0.25) is 4.79 Å². The summed E-state index contributed by atoms with van der Waals surface area (Å²) in [6.45, 7) is 0.546. The number of hydrogen-bond acceptors (Lipinski definition) is 3. The minimum atomic E-state index is 0.546. The van der Waals surface area contributed by atoms with Crippen LogP contribution in [0.15, 0.2) is 24.3 Å². The lowest BCUT2D eigenvalue weighted by molar-refractivity contribution is 0.112. The van der Waals surface area contributed by atoms with Crippen molar-refractivity contribution in [2.75, 3.05) is 0 Å². The second-order valence-electron chi connectivity index (χ2n) is 2.84. The number of benzene rings is 1. The van der Waals surface area contributed by atoms with Crippen LogP contribution in [0, 0.1) is 0 Å². The summed E-state index contributed by atoms with van der Waals surface area (Å²) in [5.41, 5.74) is 6.62. The Morgan fingerprint density at radius 1 is 1.38 bits per heavy atom. The molecule has 1 aromatic carbocycles. The number of hydrogen-bond donors (Lipinski definition) is 1. The van der Waals surface area contributed by atoms with Crippen LogP contribution in [0.1, 0.15) is 15.2 Å². The van der Waals surface area contributed by atoms with E-state index in [9.17, 15) is 4.79 Å². The molecule has 1 aromatic heterocycles. The average molecular weight is 191 g/mol. The van der Waals surface area contributed by atoms with E-state index in [4.69, 9.17) is 5.73 Å². The molecule has 2 N–H and O–H groups in total. The van der Waals surface area contributed by atoms with Crippen LogP contribution in [-0.2, 0) is 6.54 Å². The zero-order chi connectivity index (χ0) is 9.26. The monoisotopic (exact) mass is 191 g/mol. The van der Waals surface area contributed by atoms with Crippen LogP contribution in [0.4, 0.5) is 0 Å². The molecule has 0 spiro atoms. The van der Waals surface area contributed by atoms with Crippen molar-refractivity contribution in [1.29, 1.82) is 0 Å². The van der Waals surface area contributed by atoms with E-state index in [-0.39, 0.29) is 0 Å². The predicted molar refractivity (Wildman–Crippen MR) is 55.1 cm³/mol. The van der Waals surface area contributed by atoms with E-state index in [1.165, 1.54) is 11.3 Å². The Kier molecular flexibility index (Phi) is 2.12. The summed E-state index contributed by atoms with van der Waals surface area (Å²) in [6.07, 6.45) is 0.882. The molecule has 0 bridgehead atoms. The van der Waals surface area contributed by atoms with Crippen molar-refractivity contribution >= 4 is 27.7 Å². The first kappa shape index (κ1) is 8.41. The number of nitrogens with two attached hydrogens (primary N) is 1. The summed E-state index contributed by atoms with van der Waals surface area (Å²) in [4.78, 5) is 11.3. The van der Waals surface area contributed by atoms with Gasteiger partial charge in [-0.05, 0) is 23.1 Å². The Labute approximate surface area is 80.0 Å². The van der Waals surface area contributed by atoms with Gasteiger partial charge in [-0.1, -0.05) is 12.1 Å². The fourth-order valence-corrected chi connectivity index (χ4v) is 2.22. The standard InChI is InChI=1S/C10H9NOS/c11-5-7-1-2-8-4-9(6-12)13-10(8)3-7/h1-4,6H,5,11H2. The first-order valence-electron chi connectivity index (χ1n) is 4.01. The molecule has 0 unspecified atom stereocenters. The first-order chi connectivity index (χ1) is 6.33. The van der Waals surface area contributed by atoms with E-state index in [0.29, 0.717) is 6.54 Å². The molecule has 3 heteroatoms. The smallest absolute Gasteiger partial charge is 0.160 e. The van der Waals surface area contributed by atoms with Gasteiger partial charge in [0.1, 0.15) is 0 Å². The fraction of sp³-hybridized carbons (Fsp3) is 0.100. The Morgan fingerprint density at radius 3 is 2.92 bits per heavy atom. The Hall–Kier alpha value is -1.19. The lowest BCUT2D eigenvalue weighted by atomic mass is 10.2. The molecule has 0 amide bonds. The normalized spacial score (nSPS) is 10.5. The third-order valence-corrected chi connectivity index (χ3v) is 2.98. The molecular weight excluding hydrogens is 182 g/mol. The maximum absolute atomic E-state index is 10.5. The number of carbonyl (C=O) groups excluding carboxylic acids is 1. The van der Waals surface area contributed by atoms with Crippen molar-refractivity contribution < 1.29 is 4.79 Å². The van der Waals surface area contributed by atoms with Crippen molar-refractivity contribution in [1.82, 2.24) is 0 Å². The number of aldehydes is 1. The van der Waals surface area contributed by atoms with Crippen LogP contribution in [0.2, 0.25) is 0 Å². The van der Waals surface area contributed by atoms with Crippen molar-refractivity contribution in [2.24, 2.45) is 5.73 Å². The van der Waals surface area contributed by atoms with Gasteiger partial charge in [0.2, 0.25) is 0 Å². The van der Waals surface area contributed by atoms with E-state index >= 15 is 0 Å². The van der Waals surface area contributed by atoms with Crippen LogP contribution in [0.5, 0.6) is 0 Å². The zero-order valence-electron chi connectivity index (χ0n) is 6.99. The highest BCUT2D eigenvalue weighted by molar-refractivity contribution is 7.20. The van der Waals surface area contributed by atoms with Crippen LogP contribution < -0.4 is 5.73 Å². The second-order valence-corrected chi connectivity index (χ2v) is 3.96.